The molecule has 1 saturated heterocycles. The van der Waals surface area contributed by atoms with Gasteiger partial charge in [-0.1, -0.05) is 13.0 Å². The van der Waals surface area contributed by atoms with E-state index in [2.05, 4.69) is 9.88 Å². The van der Waals surface area contributed by atoms with Gasteiger partial charge in [0.2, 0.25) is 0 Å². The van der Waals surface area contributed by atoms with E-state index in [1.54, 1.807) is 19.2 Å². The third-order valence-corrected chi connectivity index (χ3v) is 6.16. The Balaban J connectivity index is 1.61. The van der Waals surface area contributed by atoms with Crippen molar-refractivity contribution in [2.45, 2.75) is 32.0 Å². The summed E-state index contributed by atoms with van der Waals surface area (Å²) in [5.41, 5.74) is 1.20. The Hall–Kier alpha value is -3.54. The molecular formula is C24H23F3N4O2. The Morgan fingerprint density at radius 3 is 2.73 bits per heavy atom. The number of halogens is 3. The molecule has 3 aromatic rings. The van der Waals surface area contributed by atoms with Crippen molar-refractivity contribution in [3.05, 3.63) is 64.1 Å². The molecule has 4 rings (SSSR count). The zero-order chi connectivity index (χ0) is 23.8. The van der Waals surface area contributed by atoms with E-state index < -0.39 is 11.7 Å². The van der Waals surface area contributed by atoms with Gasteiger partial charge in [-0.25, -0.2) is 4.98 Å². The molecule has 0 amide bonds. The SMILES string of the molecule is CCC1CN(c2cc(=O)n(C)c3ccc(C#N)nc23)CC[C@@H]1Oc1cccc(C(F)(F)F)c1. The summed E-state index contributed by atoms with van der Waals surface area (Å²) in [6, 6.07) is 11.8. The van der Waals surface area contributed by atoms with Crippen LogP contribution in [0.15, 0.2) is 47.3 Å². The Morgan fingerprint density at radius 1 is 1.24 bits per heavy atom. The first-order chi connectivity index (χ1) is 15.7. The lowest BCUT2D eigenvalue weighted by Crippen LogP contribution is -2.46. The Labute approximate surface area is 188 Å². The minimum absolute atomic E-state index is 0.0338. The molecule has 9 heteroatoms. The van der Waals surface area contributed by atoms with Crippen LogP contribution in [0.4, 0.5) is 18.9 Å². The molecule has 1 aliphatic rings. The highest BCUT2D eigenvalue weighted by atomic mass is 19.4. The van der Waals surface area contributed by atoms with Crippen LogP contribution in [0.2, 0.25) is 0 Å². The van der Waals surface area contributed by atoms with Crippen LogP contribution in [-0.2, 0) is 13.2 Å². The van der Waals surface area contributed by atoms with Gasteiger partial charge in [-0.05, 0) is 36.8 Å². The van der Waals surface area contributed by atoms with Gasteiger partial charge in [0.05, 0.1) is 16.8 Å². The topological polar surface area (TPSA) is 71.2 Å². The first-order valence-corrected chi connectivity index (χ1v) is 10.7. The summed E-state index contributed by atoms with van der Waals surface area (Å²) >= 11 is 0. The third-order valence-electron chi connectivity index (χ3n) is 6.16. The van der Waals surface area contributed by atoms with Gasteiger partial charge in [0.15, 0.2) is 0 Å². The van der Waals surface area contributed by atoms with Crippen LogP contribution >= 0.6 is 0 Å². The molecule has 0 N–H and O–H groups in total. The maximum atomic E-state index is 13.1. The molecule has 1 aliphatic heterocycles. The summed E-state index contributed by atoms with van der Waals surface area (Å²) in [7, 11) is 1.66. The molecule has 33 heavy (non-hydrogen) atoms. The quantitative estimate of drug-likeness (QED) is 0.578. The predicted molar refractivity (Wildman–Crippen MR) is 118 cm³/mol. The van der Waals surface area contributed by atoms with Crippen molar-refractivity contribution in [3.63, 3.8) is 0 Å². The van der Waals surface area contributed by atoms with Crippen molar-refractivity contribution in [1.82, 2.24) is 9.55 Å². The summed E-state index contributed by atoms with van der Waals surface area (Å²) in [4.78, 5) is 19.0. The average Bonchev–Trinajstić information content (AvgIpc) is 2.81. The number of hydrogen-bond acceptors (Lipinski definition) is 5. The second-order valence-corrected chi connectivity index (χ2v) is 8.19. The van der Waals surface area contributed by atoms with Crippen LogP contribution in [0, 0.1) is 17.2 Å². The number of piperidine rings is 1. The monoisotopic (exact) mass is 456 g/mol. The molecule has 3 heterocycles. The predicted octanol–water partition coefficient (Wildman–Crippen LogP) is 4.51. The van der Waals surface area contributed by atoms with Crippen molar-refractivity contribution >= 4 is 16.7 Å². The summed E-state index contributed by atoms with van der Waals surface area (Å²) in [6.07, 6.45) is -3.36. The Kier molecular flexibility index (Phi) is 6.02. The molecule has 1 unspecified atom stereocenters. The number of aryl methyl sites for hydroxylation is 1. The molecule has 1 aromatic carbocycles. The van der Waals surface area contributed by atoms with Gasteiger partial charge >= 0.3 is 6.18 Å². The molecule has 0 saturated carbocycles. The summed E-state index contributed by atoms with van der Waals surface area (Å²) < 4.78 is 46.7. The van der Waals surface area contributed by atoms with Gasteiger partial charge in [-0.3, -0.25) is 4.79 Å². The maximum absolute atomic E-state index is 13.1. The number of nitrogens with zero attached hydrogens (tertiary/aromatic N) is 4. The first kappa shape index (κ1) is 22.6. The molecule has 172 valence electrons. The molecule has 0 bridgehead atoms. The lowest BCUT2D eigenvalue weighted by Gasteiger charge is -2.39. The minimum Gasteiger partial charge on any atom is -0.490 e. The van der Waals surface area contributed by atoms with E-state index in [0.29, 0.717) is 36.2 Å². The van der Waals surface area contributed by atoms with Crippen molar-refractivity contribution in [2.75, 3.05) is 18.0 Å². The van der Waals surface area contributed by atoms with Crippen molar-refractivity contribution in [3.8, 4) is 11.8 Å². The number of pyridine rings is 2. The number of ether oxygens (including phenoxy) is 1. The fraction of sp³-hybridized carbons (Fsp3) is 0.375. The van der Waals surface area contributed by atoms with Gasteiger partial charge < -0.3 is 14.2 Å². The van der Waals surface area contributed by atoms with E-state index in [-0.39, 0.29) is 29.0 Å². The van der Waals surface area contributed by atoms with Gasteiger partial charge in [-0.15, -0.1) is 0 Å². The van der Waals surface area contributed by atoms with E-state index in [0.717, 1.165) is 18.6 Å². The minimum atomic E-state index is -4.43. The average molecular weight is 456 g/mol. The van der Waals surface area contributed by atoms with Gasteiger partial charge in [0, 0.05) is 38.5 Å². The fourth-order valence-corrected chi connectivity index (χ4v) is 4.31. The molecular weight excluding hydrogens is 433 g/mol. The van der Waals surface area contributed by atoms with Crippen LogP contribution in [0.25, 0.3) is 11.0 Å². The van der Waals surface area contributed by atoms with Gasteiger partial charge in [-0.2, -0.15) is 18.4 Å². The van der Waals surface area contributed by atoms with Gasteiger partial charge in [0.25, 0.3) is 5.56 Å². The van der Waals surface area contributed by atoms with E-state index in [1.807, 2.05) is 13.0 Å². The molecule has 0 radical (unpaired) electrons. The van der Waals surface area contributed by atoms with Crippen molar-refractivity contribution < 1.29 is 17.9 Å². The second-order valence-electron chi connectivity index (χ2n) is 8.19. The van der Waals surface area contributed by atoms with E-state index in [4.69, 9.17) is 4.74 Å². The lowest BCUT2D eigenvalue weighted by atomic mass is 9.91. The second kappa shape index (κ2) is 8.77. The van der Waals surface area contributed by atoms with E-state index >= 15 is 0 Å². The standard InChI is InChI=1S/C24H23F3N4O2/c1-3-15-14-31(10-9-21(15)33-18-6-4-5-16(11-18)24(25,26)27)20-12-22(32)30(2)19-8-7-17(13-28)29-23(19)20/h4-8,11-12,15,21H,3,9-10,14H2,1-2H3/t15?,21-/m0/s1. The molecule has 0 aliphatic carbocycles. The summed E-state index contributed by atoms with van der Waals surface area (Å²) in [6.45, 7) is 3.10. The number of fused-ring (bicyclic) bond motifs is 1. The highest BCUT2D eigenvalue weighted by Crippen LogP contribution is 2.34. The summed E-state index contributed by atoms with van der Waals surface area (Å²) in [5, 5.41) is 9.27. The number of rotatable bonds is 4. The summed E-state index contributed by atoms with van der Waals surface area (Å²) in [5.74, 6) is 0.229. The van der Waals surface area contributed by atoms with Crippen molar-refractivity contribution in [2.24, 2.45) is 13.0 Å². The van der Waals surface area contributed by atoms with Crippen molar-refractivity contribution in [1.29, 1.82) is 5.26 Å². The first-order valence-electron chi connectivity index (χ1n) is 10.7. The highest BCUT2D eigenvalue weighted by Gasteiger charge is 2.33. The zero-order valence-electron chi connectivity index (χ0n) is 18.3. The number of nitriles is 1. The number of anilines is 1. The van der Waals surface area contributed by atoms with Gasteiger partial charge in [0.1, 0.15) is 29.1 Å². The number of aromatic nitrogens is 2. The Morgan fingerprint density at radius 2 is 2.03 bits per heavy atom. The van der Waals surface area contributed by atoms with Crippen LogP contribution in [0.3, 0.4) is 0 Å². The number of alkyl halides is 3. The molecule has 0 spiro atoms. The van der Waals surface area contributed by atoms with E-state index in [1.165, 1.54) is 22.8 Å². The largest absolute Gasteiger partial charge is 0.490 e. The fourth-order valence-electron chi connectivity index (χ4n) is 4.31. The molecule has 6 nitrogen and oxygen atoms in total. The van der Waals surface area contributed by atoms with E-state index in [9.17, 15) is 23.2 Å². The van der Waals surface area contributed by atoms with Crippen LogP contribution in [0.1, 0.15) is 31.0 Å². The zero-order valence-corrected chi connectivity index (χ0v) is 18.3. The molecule has 1 fully saturated rings. The normalized spacial score (nSPS) is 18.8. The maximum Gasteiger partial charge on any atom is 0.416 e. The van der Waals surface area contributed by atoms with Crippen LogP contribution < -0.4 is 15.2 Å². The Bertz CT molecular complexity index is 1280. The van der Waals surface area contributed by atoms with Crippen LogP contribution in [-0.4, -0.2) is 28.7 Å². The third kappa shape index (κ3) is 4.51. The molecule has 2 atom stereocenters. The highest BCUT2D eigenvalue weighted by molar-refractivity contribution is 5.88. The number of hydrogen-bond donors (Lipinski definition) is 0. The smallest absolute Gasteiger partial charge is 0.416 e. The number of benzene rings is 1. The van der Waals surface area contributed by atoms with Crippen LogP contribution in [0.5, 0.6) is 5.75 Å². The lowest BCUT2D eigenvalue weighted by molar-refractivity contribution is -0.137. The molecule has 2 aromatic heterocycles.